The van der Waals surface area contributed by atoms with E-state index in [2.05, 4.69) is 26.8 Å². The van der Waals surface area contributed by atoms with Gasteiger partial charge in [0.05, 0.1) is 17.3 Å². The lowest BCUT2D eigenvalue weighted by atomic mass is 9.93. The van der Waals surface area contributed by atoms with Crippen molar-refractivity contribution >= 4 is 28.9 Å². The van der Waals surface area contributed by atoms with Crippen LogP contribution in [0.5, 0.6) is 0 Å². The molecule has 2 atom stereocenters. The molecule has 34 heavy (non-hydrogen) atoms. The lowest BCUT2D eigenvalue weighted by Crippen LogP contribution is -2.44. The van der Waals surface area contributed by atoms with E-state index >= 15 is 0 Å². The van der Waals surface area contributed by atoms with Gasteiger partial charge in [-0.1, -0.05) is 24.0 Å². The fourth-order valence-electron chi connectivity index (χ4n) is 4.28. The minimum atomic E-state index is -1.70. The topological polar surface area (TPSA) is 146 Å². The van der Waals surface area contributed by atoms with Crippen LogP contribution in [0.4, 0.5) is 10.6 Å². The van der Waals surface area contributed by atoms with Gasteiger partial charge in [0.1, 0.15) is 13.2 Å². The second-order valence-electron chi connectivity index (χ2n) is 8.45. The molecule has 0 aliphatic carbocycles. The molecule has 0 spiro atoms. The predicted octanol–water partition coefficient (Wildman–Crippen LogP) is 1.64. The number of pyridine rings is 1. The second kappa shape index (κ2) is 7.97. The number of aliphatic hydroxyl groups is 1. The number of nitrogens with zero attached hydrogens (tertiary/aromatic N) is 5. The van der Waals surface area contributed by atoms with Crippen molar-refractivity contribution in [2.24, 2.45) is 0 Å². The largest absolute Gasteiger partial charge is 0.465 e. The van der Waals surface area contributed by atoms with E-state index in [0.717, 1.165) is 0 Å². The van der Waals surface area contributed by atoms with Crippen LogP contribution >= 0.6 is 0 Å². The average Bonchev–Trinajstić information content (AvgIpc) is 3.05. The normalized spacial score (nSPS) is 22.2. The van der Waals surface area contributed by atoms with Crippen molar-refractivity contribution in [3.05, 3.63) is 47.8 Å². The van der Waals surface area contributed by atoms with E-state index in [1.165, 1.54) is 9.80 Å². The maximum Gasteiger partial charge on any atom is 0.407 e. The molecule has 2 fully saturated rings. The Balaban J connectivity index is 1.59. The van der Waals surface area contributed by atoms with E-state index in [4.69, 9.17) is 7.10 Å². The number of benzene rings is 1. The number of hydrogen-bond acceptors (Lipinski definition) is 7. The van der Waals surface area contributed by atoms with Crippen LogP contribution in [-0.2, 0) is 4.79 Å². The van der Waals surface area contributed by atoms with Crippen molar-refractivity contribution in [2.75, 3.05) is 25.9 Å². The summed E-state index contributed by atoms with van der Waals surface area (Å²) in [5.41, 5.74) is 7.36. The third kappa shape index (κ3) is 3.56. The summed E-state index contributed by atoms with van der Waals surface area (Å²) in [6, 6.07) is 8.43. The Kier molecular flexibility index (Phi) is 4.78. The van der Waals surface area contributed by atoms with Gasteiger partial charge in [0.25, 0.3) is 5.91 Å². The summed E-state index contributed by atoms with van der Waals surface area (Å²) < 4.78 is 7.85. The first kappa shape index (κ1) is 20.4. The molecule has 10 heteroatoms. The minimum absolute atomic E-state index is 0.0336. The Morgan fingerprint density at radius 1 is 1.29 bits per heavy atom. The highest BCUT2D eigenvalue weighted by molar-refractivity contribution is 5.91. The van der Waals surface area contributed by atoms with Crippen molar-refractivity contribution in [3.63, 3.8) is 0 Å². The van der Waals surface area contributed by atoms with Crippen LogP contribution in [0.1, 0.15) is 31.4 Å². The summed E-state index contributed by atoms with van der Waals surface area (Å²) in [6.07, 6.45) is -0.463. The van der Waals surface area contributed by atoms with Crippen LogP contribution in [0, 0.1) is 11.8 Å². The first-order valence-electron chi connectivity index (χ1n) is 11.2. The molecule has 1 unspecified atom stereocenters. The third-order valence-electron chi connectivity index (χ3n) is 6.30. The van der Waals surface area contributed by atoms with Crippen molar-refractivity contribution in [1.82, 2.24) is 24.8 Å². The van der Waals surface area contributed by atoms with Crippen LogP contribution in [0.2, 0.25) is 0 Å². The number of likely N-dealkylation sites (tertiary alicyclic amines) is 2. The van der Waals surface area contributed by atoms with Gasteiger partial charge in [0.15, 0.2) is 5.82 Å². The van der Waals surface area contributed by atoms with Gasteiger partial charge in [-0.25, -0.2) is 19.7 Å². The number of amides is 2. The van der Waals surface area contributed by atoms with Gasteiger partial charge in [-0.05, 0) is 24.6 Å². The van der Waals surface area contributed by atoms with Gasteiger partial charge in [0.2, 0.25) is 5.60 Å². The number of rotatable bonds is 2. The summed E-state index contributed by atoms with van der Waals surface area (Å²) in [5.74, 6) is 5.21. The Morgan fingerprint density at radius 2 is 2.12 bits per heavy atom. The fraction of sp³-hybridized carbons (Fsp3) is 0.292. The summed E-state index contributed by atoms with van der Waals surface area (Å²) in [6.45, 7) is 0.835. The van der Waals surface area contributed by atoms with Crippen molar-refractivity contribution in [2.45, 2.75) is 24.5 Å². The number of carboxylic acid groups (broad SMARTS) is 1. The monoisotopic (exact) mass is 459 g/mol. The van der Waals surface area contributed by atoms with Crippen LogP contribution in [0.3, 0.4) is 0 Å². The zero-order valence-corrected chi connectivity index (χ0v) is 18.3. The molecule has 2 aliphatic heterocycles. The third-order valence-corrected chi connectivity index (χ3v) is 6.30. The lowest BCUT2D eigenvalue weighted by molar-refractivity contribution is -0.137. The van der Waals surface area contributed by atoms with E-state index < -0.39 is 23.6 Å². The number of carbonyl (C=O) groups is 2. The molecule has 4 N–H and O–H groups in total. The molecule has 2 aliphatic rings. The van der Waals surface area contributed by atoms with E-state index in [9.17, 15) is 19.8 Å². The predicted molar refractivity (Wildman–Crippen MR) is 123 cm³/mol. The highest BCUT2D eigenvalue weighted by atomic mass is 16.4. The Hall–Kier alpha value is -4.23. The van der Waals surface area contributed by atoms with E-state index in [-0.39, 0.29) is 24.1 Å². The molecule has 5 rings (SSSR count). The molecule has 2 aromatic heterocycles. The Morgan fingerprint density at radius 3 is 2.79 bits per heavy atom. The van der Waals surface area contributed by atoms with Crippen LogP contribution < -0.4 is 5.73 Å². The summed E-state index contributed by atoms with van der Waals surface area (Å²) in [5, 5.41) is 20.1. The molecule has 0 saturated carbocycles. The lowest BCUT2D eigenvalue weighted by Gasteiger charge is -2.39. The molecule has 3 aromatic rings. The van der Waals surface area contributed by atoms with Gasteiger partial charge in [-0.15, -0.1) is 0 Å². The molecular weight excluding hydrogens is 436 g/mol. The second-order valence-corrected chi connectivity index (χ2v) is 8.45. The van der Waals surface area contributed by atoms with E-state index in [1.54, 1.807) is 31.3 Å². The van der Waals surface area contributed by atoms with E-state index in [1.807, 2.05) is 6.07 Å². The number of aromatic nitrogens is 3. The summed E-state index contributed by atoms with van der Waals surface area (Å²) >= 11 is 0. The first-order chi connectivity index (χ1) is 16.7. The summed E-state index contributed by atoms with van der Waals surface area (Å²) in [7, 11) is 1.62. The minimum Gasteiger partial charge on any atom is -0.465 e. The number of anilines is 1. The Bertz CT molecular complexity index is 1450. The van der Waals surface area contributed by atoms with Crippen LogP contribution in [0.25, 0.3) is 22.3 Å². The molecular formula is C24H22N6O4. The molecule has 172 valence electrons. The summed E-state index contributed by atoms with van der Waals surface area (Å²) in [4.78, 5) is 39.3. The van der Waals surface area contributed by atoms with Gasteiger partial charge in [-0.2, -0.15) is 0 Å². The zero-order valence-electron chi connectivity index (χ0n) is 19.3. The quantitative estimate of drug-likeness (QED) is 0.490. The number of fused-ring (bicyclic) bond motifs is 1. The Labute approximate surface area is 196 Å². The van der Waals surface area contributed by atoms with Crippen LogP contribution in [0.15, 0.2) is 36.6 Å². The fourth-order valence-corrected chi connectivity index (χ4v) is 4.28. The van der Waals surface area contributed by atoms with Crippen molar-refractivity contribution < 1.29 is 21.2 Å². The van der Waals surface area contributed by atoms with Crippen LogP contribution in [-0.4, -0.2) is 72.7 Å². The van der Waals surface area contributed by atoms with Gasteiger partial charge in [0, 0.05) is 43.2 Å². The number of nitrogen functional groups attached to an aromatic ring is 1. The molecule has 0 radical (unpaired) electrons. The van der Waals surface area contributed by atoms with Crippen molar-refractivity contribution in [1.29, 1.82) is 0 Å². The average molecular weight is 459 g/mol. The number of likely N-dealkylation sites (N-methyl/N-ethyl adjacent to an activating group) is 1. The number of hydrogen-bond donors (Lipinski definition) is 3. The van der Waals surface area contributed by atoms with Crippen molar-refractivity contribution in [3.8, 4) is 23.1 Å². The molecule has 2 amide bonds. The smallest absolute Gasteiger partial charge is 0.407 e. The molecule has 4 heterocycles. The maximum atomic E-state index is 12.2. The standard InChI is InChI=1S/C24H22N6O4/c1-29-10-8-24(34,22(29)31)7-5-14-3-2-4-15(11-14)17-12-16(18-6-9-30(18)23(32)33)19-20(28-17)21(25)27-13-26-19/h2-4,11-13,18,34H,6,8-10H2,1H3,(H,32,33)(H2,25,26,27)/t18?,24-/m0/s1/i13D. The molecule has 1 aromatic carbocycles. The number of nitrogens with two attached hydrogens (primary N) is 1. The highest BCUT2D eigenvalue weighted by Gasteiger charge is 2.42. The molecule has 0 bridgehead atoms. The zero-order chi connectivity index (χ0) is 24.9. The maximum absolute atomic E-state index is 12.2. The number of carbonyl (C=O) groups excluding carboxylic acids is 1. The van der Waals surface area contributed by atoms with Gasteiger partial charge < -0.3 is 25.7 Å². The SMILES string of the molecule is [2H]c1nc(N)c2nc(-c3cccc(C#C[C@]4(O)CCN(C)C4=O)c3)cc(C3CCN3C(=O)O)c2n1. The van der Waals surface area contributed by atoms with Gasteiger partial charge in [-0.3, -0.25) is 4.79 Å². The molecule has 10 nitrogen and oxygen atoms in total. The van der Waals surface area contributed by atoms with E-state index in [0.29, 0.717) is 47.4 Å². The highest BCUT2D eigenvalue weighted by Crippen LogP contribution is 2.38. The first-order valence-corrected chi connectivity index (χ1v) is 10.7. The molecule has 2 saturated heterocycles. The van der Waals surface area contributed by atoms with Gasteiger partial charge >= 0.3 is 6.09 Å².